The van der Waals surface area contributed by atoms with Crippen LogP contribution in [0.2, 0.25) is 5.02 Å². The fourth-order valence-electron chi connectivity index (χ4n) is 4.43. The molecule has 0 atom stereocenters. The first-order valence-corrected chi connectivity index (χ1v) is 10.2. The molecular weight excluding hydrogens is 387 g/mol. The average Bonchev–Trinajstić information content (AvgIpc) is 2.66. The Morgan fingerprint density at radius 2 is 1.55 bits per heavy atom. The third-order valence-corrected chi connectivity index (χ3v) is 6.74. The van der Waals surface area contributed by atoms with E-state index in [0.717, 1.165) is 12.8 Å². The Morgan fingerprint density at radius 3 is 2.17 bits per heavy atom. The monoisotopic (exact) mass is 410 g/mol. The first kappa shape index (κ1) is 19.9. The molecule has 0 unspecified atom stereocenters. The van der Waals surface area contributed by atoms with Crippen molar-refractivity contribution in [3.8, 4) is 11.1 Å². The molecule has 0 fully saturated rings. The molecule has 0 saturated heterocycles. The number of rotatable bonds is 2. The van der Waals surface area contributed by atoms with Gasteiger partial charge in [0, 0.05) is 21.5 Å². The summed E-state index contributed by atoms with van der Waals surface area (Å²) in [7, 11) is 0. The van der Waals surface area contributed by atoms with Crippen LogP contribution in [0.5, 0.6) is 0 Å². The van der Waals surface area contributed by atoms with E-state index in [9.17, 15) is 9.90 Å². The van der Waals surface area contributed by atoms with Crippen molar-refractivity contribution in [3.63, 3.8) is 0 Å². The molecule has 0 amide bonds. The predicted octanol–water partition coefficient (Wildman–Crippen LogP) is 7.35. The van der Waals surface area contributed by atoms with E-state index in [1.165, 1.54) is 29.3 Å². The van der Waals surface area contributed by atoms with Gasteiger partial charge in [-0.1, -0.05) is 57.5 Å². The van der Waals surface area contributed by atoms with Crippen molar-refractivity contribution in [1.29, 1.82) is 0 Å². The summed E-state index contributed by atoms with van der Waals surface area (Å²) in [5.74, 6) is -1.41. The molecule has 0 spiro atoms. The Morgan fingerprint density at radius 1 is 0.931 bits per heavy atom. The predicted molar refractivity (Wildman–Crippen MR) is 117 cm³/mol. The molecule has 3 aromatic rings. The van der Waals surface area contributed by atoms with Gasteiger partial charge < -0.3 is 5.11 Å². The number of fused-ring (bicyclic) bond motifs is 2. The van der Waals surface area contributed by atoms with Gasteiger partial charge in [0.15, 0.2) is 0 Å². The van der Waals surface area contributed by atoms with Gasteiger partial charge in [0.05, 0.1) is 5.56 Å². The minimum atomic E-state index is -1.03. The second kappa shape index (κ2) is 6.56. The van der Waals surface area contributed by atoms with E-state index in [0.29, 0.717) is 26.9 Å². The van der Waals surface area contributed by atoms with Crippen LogP contribution in [-0.2, 0) is 10.8 Å². The molecule has 1 aliphatic rings. The number of benzene rings is 3. The van der Waals surface area contributed by atoms with Gasteiger partial charge in [-0.25, -0.2) is 9.18 Å². The van der Waals surface area contributed by atoms with Gasteiger partial charge in [-0.05, 0) is 64.5 Å². The Bertz CT molecular complexity index is 1160. The van der Waals surface area contributed by atoms with Gasteiger partial charge in [0.1, 0.15) is 5.82 Å². The van der Waals surface area contributed by atoms with E-state index in [-0.39, 0.29) is 22.2 Å². The molecule has 0 aromatic heterocycles. The highest BCUT2D eigenvalue weighted by Gasteiger charge is 2.37. The van der Waals surface area contributed by atoms with Crippen molar-refractivity contribution in [2.24, 2.45) is 0 Å². The average molecular weight is 411 g/mol. The third-order valence-electron chi connectivity index (χ3n) is 6.43. The van der Waals surface area contributed by atoms with Crippen molar-refractivity contribution in [2.75, 3.05) is 0 Å². The van der Waals surface area contributed by atoms with E-state index < -0.39 is 5.97 Å². The lowest BCUT2D eigenvalue weighted by Gasteiger charge is -2.42. The van der Waals surface area contributed by atoms with Crippen LogP contribution in [0.15, 0.2) is 42.5 Å². The fourth-order valence-corrected chi connectivity index (χ4v) is 4.69. The molecule has 4 heteroatoms. The first-order valence-electron chi connectivity index (χ1n) is 9.82. The molecule has 0 bridgehead atoms. The minimum absolute atomic E-state index is 0.00605. The number of aromatic carboxylic acids is 1. The summed E-state index contributed by atoms with van der Waals surface area (Å²) in [4.78, 5) is 11.2. The normalized spacial score (nSPS) is 17.2. The van der Waals surface area contributed by atoms with Crippen LogP contribution in [0.3, 0.4) is 0 Å². The lowest BCUT2D eigenvalue weighted by atomic mass is 9.63. The Kier molecular flexibility index (Phi) is 4.51. The fraction of sp³-hybridized carbons (Fsp3) is 0.320. The van der Waals surface area contributed by atoms with Crippen LogP contribution < -0.4 is 0 Å². The van der Waals surface area contributed by atoms with Crippen molar-refractivity contribution in [2.45, 2.75) is 51.4 Å². The molecule has 1 N–H and O–H groups in total. The highest BCUT2D eigenvalue weighted by molar-refractivity contribution is 6.33. The lowest BCUT2D eigenvalue weighted by molar-refractivity contribution is 0.0697. The smallest absolute Gasteiger partial charge is 0.335 e. The maximum absolute atomic E-state index is 15.4. The van der Waals surface area contributed by atoms with E-state index in [2.05, 4.69) is 33.8 Å². The molecule has 0 heterocycles. The quantitative estimate of drug-likeness (QED) is 0.479. The van der Waals surface area contributed by atoms with E-state index in [4.69, 9.17) is 11.6 Å². The number of hydrogen-bond acceptors (Lipinski definition) is 1. The highest BCUT2D eigenvalue weighted by atomic mass is 35.5. The largest absolute Gasteiger partial charge is 0.478 e. The van der Waals surface area contributed by atoms with Gasteiger partial charge in [-0.2, -0.15) is 0 Å². The second-order valence-electron chi connectivity index (χ2n) is 9.31. The van der Waals surface area contributed by atoms with Crippen LogP contribution in [0.25, 0.3) is 21.9 Å². The van der Waals surface area contributed by atoms with Gasteiger partial charge in [-0.3, -0.25) is 0 Å². The van der Waals surface area contributed by atoms with E-state index in [1.807, 2.05) is 6.07 Å². The molecule has 0 aliphatic heterocycles. The zero-order chi connectivity index (χ0) is 21.1. The van der Waals surface area contributed by atoms with E-state index >= 15 is 4.39 Å². The summed E-state index contributed by atoms with van der Waals surface area (Å²) >= 11 is 6.66. The topological polar surface area (TPSA) is 37.3 Å². The van der Waals surface area contributed by atoms with Crippen LogP contribution in [-0.4, -0.2) is 11.1 Å². The zero-order valence-electron chi connectivity index (χ0n) is 17.1. The Hall–Kier alpha value is -2.39. The van der Waals surface area contributed by atoms with Crippen LogP contribution >= 0.6 is 11.6 Å². The highest BCUT2D eigenvalue weighted by Crippen LogP contribution is 2.49. The number of halogens is 2. The number of carboxylic acid groups (broad SMARTS) is 1. The summed E-state index contributed by atoms with van der Waals surface area (Å²) in [5.41, 5.74) is 3.73. The van der Waals surface area contributed by atoms with Crippen LogP contribution in [0, 0.1) is 5.82 Å². The molecule has 29 heavy (non-hydrogen) atoms. The number of hydrogen-bond donors (Lipinski definition) is 1. The minimum Gasteiger partial charge on any atom is -0.478 e. The summed E-state index contributed by atoms with van der Waals surface area (Å²) in [6, 6.07) is 11.9. The standard InChI is InChI=1S/C25H24ClFO2/c1-24(2)9-10-25(3,4)20-13-21(26)18(12-19(20)24)17-8-5-14-11-15(23(28)29)6-7-16(14)22(17)27/h5-8,11-13H,9-10H2,1-4H3,(H,28,29). The van der Waals surface area contributed by atoms with Gasteiger partial charge in [-0.15, -0.1) is 0 Å². The molecule has 1 aliphatic carbocycles. The van der Waals surface area contributed by atoms with E-state index in [1.54, 1.807) is 12.1 Å². The molecule has 0 saturated carbocycles. The number of carbonyl (C=O) groups is 1. The summed E-state index contributed by atoms with van der Waals surface area (Å²) in [6.07, 6.45) is 2.14. The molecule has 2 nitrogen and oxygen atoms in total. The molecule has 150 valence electrons. The summed E-state index contributed by atoms with van der Waals surface area (Å²) in [5, 5.41) is 10.7. The van der Waals surface area contributed by atoms with Crippen LogP contribution in [0.1, 0.15) is 62.0 Å². The molecule has 0 radical (unpaired) electrons. The van der Waals surface area contributed by atoms with Crippen molar-refractivity contribution in [3.05, 3.63) is 70.0 Å². The molecular formula is C25H24ClFO2. The third kappa shape index (κ3) is 3.22. The maximum Gasteiger partial charge on any atom is 0.335 e. The van der Waals surface area contributed by atoms with Gasteiger partial charge in [0.25, 0.3) is 0 Å². The Labute approximate surface area is 175 Å². The van der Waals surface area contributed by atoms with Gasteiger partial charge >= 0.3 is 5.97 Å². The maximum atomic E-state index is 15.4. The first-order chi connectivity index (χ1) is 13.5. The summed E-state index contributed by atoms with van der Waals surface area (Å²) in [6.45, 7) is 8.91. The lowest BCUT2D eigenvalue weighted by Crippen LogP contribution is -2.33. The van der Waals surface area contributed by atoms with Crippen molar-refractivity contribution < 1.29 is 14.3 Å². The van der Waals surface area contributed by atoms with Crippen molar-refractivity contribution in [1.82, 2.24) is 0 Å². The number of carboxylic acids is 1. The van der Waals surface area contributed by atoms with Crippen LogP contribution in [0.4, 0.5) is 4.39 Å². The molecule has 4 rings (SSSR count). The zero-order valence-corrected chi connectivity index (χ0v) is 17.8. The second-order valence-corrected chi connectivity index (χ2v) is 9.72. The summed E-state index contributed by atoms with van der Waals surface area (Å²) < 4.78 is 15.4. The van der Waals surface area contributed by atoms with Gasteiger partial charge in [0.2, 0.25) is 0 Å². The Balaban J connectivity index is 1.94. The SMILES string of the molecule is CC1(C)CCC(C)(C)c2cc(-c3ccc4cc(C(=O)O)ccc4c3F)c(Cl)cc21. The van der Waals surface area contributed by atoms with Crippen molar-refractivity contribution >= 4 is 28.3 Å². The molecule has 3 aromatic carbocycles.